The molecule has 1 aliphatic carbocycles. The van der Waals surface area contributed by atoms with Gasteiger partial charge in [0.25, 0.3) is 6.71 Å². The van der Waals surface area contributed by atoms with Gasteiger partial charge in [-0.2, -0.15) is 0 Å². The molecule has 9 rings (SSSR count). The van der Waals surface area contributed by atoms with Gasteiger partial charge in [0.15, 0.2) is 0 Å². The number of benzene rings is 6. The standard InChI is InChI=1S/C38H25BO2/c1-3-11-26-21-28(19-17-24(26)9-1)30-23-31(29-20-18-25-10-2-4-12-27(25)22-29)38-36-37(30)40-34-15-7-5-13-32(34)39(36)33-14-6-8-16-35(33)41-38/h1,3-9,11-23H,2,10H2. The molecule has 6 aromatic rings. The van der Waals surface area contributed by atoms with E-state index in [0.717, 1.165) is 63.6 Å². The lowest BCUT2D eigenvalue weighted by atomic mass is 9.34. The normalized spacial score (nSPS) is 13.9. The Morgan fingerprint density at radius 1 is 0.561 bits per heavy atom. The fraction of sp³-hybridized carbons (Fsp3) is 0.0526. The highest BCUT2D eigenvalue weighted by Gasteiger charge is 2.42. The van der Waals surface area contributed by atoms with Gasteiger partial charge in [-0.15, -0.1) is 0 Å². The molecule has 0 radical (unpaired) electrons. The summed E-state index contributed by atoms with van der Waals surface area (Å²) in [5.41, 5.74) is 10.6. The van der Waals surface area contributed by atoms with Crippen LogP contribution in [0.25, 0.3) is 39.1 Å². The van der Waals surface area contributed by atoms with Crippen LogP contribution in [0.3, 0.4) is 0 Å². The monoisotopic (exact) mass is 524 g/mol. The molecule has 0 spiro atoms. The van der Waals surface area contributed by atoms with Crippen LogP contribution in [0.4, 0.5) is 0 Å². The quantitative estimate of drug-likeness (QED) is 0.214. The minimum Gasteiger partial charge on any atom is -0.458 e. The van der Waals surface area contributed by atoms with Crippen LogP contribution in [-0.2, 0) is 6.42 Å². The van der Waals surface area contributed by atoms with Gasteiger partial charge in [0, 0.05) is 16.6 Å². The second-order valence-electron chi connectivity index (χ2n) is 11.2. The van der Waals surface area contributed by atoms with E-state index in [0.29, 0.717) is 0 Å². The van der Waals surface area contributed by atoms with Gasteiger partial charge in [0.2, 0.25) is 0 Å². The zero-order chi connectivity index (χ0) is 26.9. The molecule has 3 heteroatoms. The molecule has 6 aromatic carbocycles. The molecule has 41 heavy (non-hydrogen) atoms. The van der Waals surface area contributed by atoms with Crippen molar-refractivity contribution >= 4 is 39.9 Å². The Balaban J connectivity index is 1.37. The molecule has 2 heterocycles. The predicted molar refractivity (Wildman–Crippen MR) is 170 cm³/mol. The summed E-state index contributed by atoms with van der Waals surface area (Å²) in [6.07, 6.45) is 6.72. The number of allylic oxidation sites excluding steroid dienone is 1. The van der Waals surface area contributed by atoms with Crippen LogP contribution in [0, 0.1) is 0 Å². The molecule has 0 fully saturated rings. The first-order valence-electron chi connectivity index (χ1n) is 14.4. The van der Waals surface area contributed by atoms with E-state index >= 15 is 0 Å². The minimum atomic E-state index is 0.0200. The van der Waals surface area contributed by atoms with Gasteiger partial charge in [0.1, 0.15) is 23.0 Å². The summed E-state index contributed by atoms with van der Waals surface area (Å²) < 4.78 is 13.7. The Hall–Kier alpha value is -5.02. The van der Waals surface area contributed by atoms with Crippen molar-refractivity contribution in [1.82, 2.24) is 0 Å². The molecule has 192 valence electrons. The largest absolute Gasteiger partial charge is 0.458 e. The third-order valence-corrected chi connectivity index (χ3v) is 8.84. The van der Waals surface area contributed by atoms with Crippen molar-refractivity contribution < 1.29 is 9.47 Å². The second-order valence-corrected chi connectivity index (χ2v) is 11.2. The van der Waals surface area contributed by atoms with Crippen molar-refractivity contribution in [1.29, 1.82) is 0 Å². The third-order valence-electron chi connectivity index (χ3n) is 8.84. The number of ether oxygens (including phenoxy) is 2. The van der Waals surface area contributed by atoms with E-state index < -0.39 is 0 Å². The molecule has 0 amide bonds. The van der Waals surface area contributed by atoms with Gasteiger partial charge in [-0.05, 0) is 87.1 Å². The van der Waals surface area contributed by atoms with Crippen molar-refractivity contribution in [2.24, 2.45) is 0 Å². The fourth-order valence-corrected chi connectivity index (χ4v) is 6.85. The summed E-state index contributed by atoms with van der Waals surface area (Å²) in [4.78, 5) is 0. The van der Waals surface area contributed by atoms with Gasteiger partial charge in [-0.3, -0.25) is 0 Å². The lowest BCUT2D eigenvalue weighted by Gasteiger charge is -2.35. The maximum Gasteiger partial charge on any atom is 0.260 e. The number of hydrogen-bond donors (Lipinski definition) is 0. The van der Waals surface area contributed by atoms with Gasteiger partial charge in [-0.1, -0.05) is 97.1 Å². The molecule has 0 saturated heterocycles. The molecule has 0 bridgehead atoms. The molecule has 0 N–H and O–H groups in total. The Kier molecular flexibility index (Phi) is 4.85. The Morgan fingerprint density at radius 3 is 1.95 bits per heavy atom. The molecular formula is C38H25BO2. The number of hydrogen-bond acceptors (Lipinski definition) is 2. The SMILES string of the molecule is C1=Cc2cc(-c3cc(-c4ccc5ccccc5c4)c4c5c3Oc3ccccc3B5c3ccccc3O4)ccc2CC1. The Labute approximate surface area is 239 Å². The fourth-order valence-electron chi connectivity index (χ4n) is 6.85. The maximum absolute atomic E-state index is 6.83. The van der Waals surface area contributed by atoms with Crippen LogP contribution in [0.2, 0.25) is 0 Å². The zero-order valence-electron chi connectivity index (χ0n) is 22.4. The number of rotatable bonds is 2. The molecular weight excluding hydrogens is 499 g/mol. The van der Waals surface area contributed by atoms with Crippen molar-refractivity contribution in [3.8, 4) is 45.3 Å². The summed E-state index contributed by atoms with van der Waals surface area (Å²) in [5, 5.41) is 2.44. The molecule has 0 atom stereocenters. The van der Waals surface area contributed by atoms with E-state index in [-0.39, 0.29) is 6.71 Å². The van der Waals surface area contributed by atoms with E-state index in [1.807, 2.05) is 0 Å². The lowest BCUT2D eigenvalue weighted by Crippen LogP contribution is -2.57. The highest BCUT2D eigenvalue weighted by Crippen LogP contribution is 2.46. The van der Waals surface area contributed by atoms with Gasteiger partial charge in [0.05, 0.1) is 0 Å². The molecule has 0 saturated carbocycles. The first-order valence-corrected chi connectivity index (χ1v) is 14.4. The summed E-state index contributed by atoms with van der Waals surface area (Å²) in [6, 6.07) is 41.3. The highest BCUT2D eigenvalue weighted by molar-refractivity contribution is 6.98. The minimum absolute atomic E-state index is 0.0200. The van der Waals surface area contributed by atoms with E-state index in [2.05, 4.69) is 127 Å². The van der Waals surface area contributed by atoms with E-state index in [1.165, 1.54) is 32.8 Å². The number of para-hydroxylation sites is 2. The highest BCUT2D eigenvalue weighted by atomic mass is 16.5. The van der Waals surface area contributed by atoms with Gasteiger partial charge in [-0.25, -0.2) is 0 Å². The number of aryl methyl sites for hydroxylation is 1. The van der Waals surface area contributed by atoms with Crippen LogP contribution < -0.4 is 25.9 Å². The van der Waals surface area contributed by atoms with Gasteiger partial charge >= 0.3 is 0 Å². The van der Waals surface area contributed by atoms with Crippen molar-refractivity contribution in [2.45, 2.75) is 12.8 Å². The first kappa shape index (κ1) is 22.8. The molecule has 2 nitrogen and oxygen atoms in total. The van der Waals surface area contributed by atoms with Crippen molar-refractivity contribution in [2.75, 3.05) is 0 Å². The zero-order valence-corrected chi connectivity index (χ0v) is 22.4. The lowest BCUT2D eigenvalue weighted by molar-refractivity contribution is 0.467. The van der Waals surface area contributed by atoms with Crippen molar-refractivity contribution in [3.63, 3.8) is 0 Å². The third kappa shape index (κ3) is 3.45. The Bertz CT molecular complexity index is 2060. The van der Waals surface area contributed by atoms with Crippen LogP contribution in [0.15, 0.2) is 121 Å². The summed E-state index contributed by atoms with van der Waals surface area (Å²) >= 11 is 0. The topological polar surface area (TPSA) is 18.5 Å². The van der Waals surface area contributed by atoms with Gasteiger partial charge < -0.3 is 9.47 Å². The molecule has 0 aromatic heterocycles. The molecule has 0 unspecified atom stereocenters. The average molecular weight is 524 g/mol. The maximum atomic E-state index is 6.83. The summed E-state index contributed by atoms with van der Waals surface area (Å²) in [7, 11) is 0. The number of fused-ring (bicyclic) bond motifs is 6. The van der Waals surface area contributed by atoms with E-state index in [9.17, 15) is 0 Å². The Morgan fingerprint density at radius 2 is 1.20 bits per heavy atom. The van der Waals surface area contributed by atoms with Crippen molar-refractivity contribution in [3.05, 3.63) is 132 Å². The molecule has 2 aliphatic heterocycles. The summed E-state index contributed by atoms with van der Waals surface area (Å²) in [5.74, 6) is 3.59. The predicted octanol–water partition coefficient (Wildman–Crippen LogP) is 7.86. The smallest absolute Gasteiger partial charge is 0.260 e. The van der Waals surface area contributed by atoms with E-state index in [1.54, 1.807) is 0 Å². The first-order chi connectivity index (χ1) is 20.3. The van der Waals surface area contributed by atoms with E-state index in [4.69, 9.17) is 9.47 Å². The van der Waals surface area contributed by atoms with Crippen LogP contribution in [0.1, 0.15) is 17.5 Å². The van der Waals surface area contributed by atoms with Crippen LogP contribution in [0.5, 0.6) is 23.0 Å². The average Bonchev–Trinajstić information content (AvgIpc) is 3.04. The summed E-state index contributed by atoms with van der Waals surface area (Å²) in [6.45, 7) is 0.0200. The van der Waals surface area contributed by atoms with Crippen LogP contribution >= 0.6 is 0 Å². The molecule has 3 aliphatic rings. The second kappa shape index (κ2) is 8.74. The van der Waals surface area contributed by atoms with Crippen LogP contribution in [-0.4, -0.2) is 6.71 Å².